The molecular formula is C35H48ClN5O6. The van der Waals surface area contributed by atoms with Crippen LogP contribution in [0.2, 0.25) is 5.02 Å². The van der Waals surface area contributed by atoms with Crippen LogP contribution in [0.25, 0.3) is 0 Å². The second-order valence-electron chi connectivity index (χ2n) is 12.7. The lowest BCUT2D eigenvalue weighted by Crippen LogP contribution is -2.55. The standard InChI is InChI=1S/C35H48ClN5O6/c1-22(2)19-29-33(44)37-16-10-9-13-28(39-34(45)31(23(3)4)38-24(5)42)35(46)41(21-25-11-7-6-8-12-25)17-18-47-30-20-26(36)14-15-27(30)32(43)40-29/h6-8,11-12,14-15,20,22-23,28-29,31H,9-10,13,16-19,21H2,1-5H3,(H,37,44)(H,38,42)(H,39,45)(H,40,43)/t28-,29-,31-/m0/s1. The quantitative estimate of drug-likeness (QED) is 0.336. The summed E-state index contributed by atoms with van der Waals surface area (Å²) < 4.78 is 6.08. The van der Waals surface area contributed by atoms with Crippen molar-refractivity contribution in [1.29, 1.82) is 0 Å². The van der Waals surface area contributed by atoms with Crippen molar-refractivity contribution >= 4 is 41.1 Å². The number of fused-ring (bicyclic) bond motifs is 1. The van der Waals surface area contributed by atoms with Gasteiger partial charge >= 0.3 is 0 Å². The summed E-state index contributed by atoms with van der Waals surface area (Å²) in [6, 6.07) is 11.6. The molecule has 1 aliphatic rings. The molecule has 0 unspecified atom stereocenters. The van der Waals surface area contributed by atoms with Crippen LogP contribution in [-0.4, -0.2) is 72.3 Å². The molecule has 2 aromatic carbocycles. The Kier molecular flexibility index (Phi) is 14.5. The lowest BCUT2D eigenvalue weighted by atomic mass is 10.0. The van der Waals surface area contributed by atoms with Crippen molar-refractivity contribution in [3.63, 3.8) is 0 Å². The predicted octanol–water partition coefficient (Wildman–Crippen LogP) is 3.84. The van der Waals surface area contributed by atoms with Crippen LogP contribution in [0.5, 0.6) is 5.75 Å². The maximum atomic E-state index is 14.2. The van der Waals surface area contributed by atoms with Crippen molar-refractivity contribution in [3.8, 4) is 5.75 Å². The molecule has 3 atom stereocenters. The number of nitrogens with zero attached hydrogens (tertiary/aromatic N) is 1. The third-order valence-corrected chi connectivity index (χ3v) is 8.04. The minimum absolute atomic E-state index is 0.0241. The summed E-state index contributed by atoms with van der Waals surface area (Å²) >= 11 is 6.28. The van der Waals surface area contributed by atoms with E-state index in [-0.39, 0.29) is 60.6 Å². The highest BCUT2D eigenvalue weighted by Crippen LogP contribution is 2.24. The Morgan fingerprint density at radius 1 is 1.04 bits per heavy atom. The zero-order valence-corrected chi connectivity index (χ0v) is 28.7. The van der Waals surface area contributed by atoms with Gasteiger partial charge in [0.2, 0.25) is 23.6 Å². The molecule has 0 fully saturated rings. The highest BCUT2D eigenvalue weighted by atomic mass is 35.5. The van der Waals surface area contributed by atoms with E-state index in [0.29, 0.717) is 37.3 Å². The monoisotopic (exact) mass is 669 g/mol. The first-order valence-corrected chi connectivity index (χ1v) is 16.6. The summed E-state index contributed by atoms with van der Waals surface area (Å²) in [5.74, 6) is -1.75. The van der Waals surface area contributed by atoms with Gasteiger partial charge in [0.15, 0.2) is 0 Å². The van der Waals surface area contributed by atoms with Gasteiger partial charge in [-0.05, 0) is 61.3 Å². The Morgan fingerprint density at radius 3 is 2.43 bits per heavy atom. The van der Waals surface area contributed by atoms with E-state index in [1.54, 1.807) is 17.0 Å². The van der Waals surface area contributed by atoms with E-state index in [2.05, 4.69) is 21.3 Å². The van der Waals surface area contributed by atoms with Gasteiger partial charge in [0, 0.05) is 25.0 Å². The first kappa shape index (κ1) is 37.3. The van der Waals surface area contributed by atoms with Crippen molar-refractivity contribution in [3.05, 3.63) is 64.7 Å². The zero-order valence-electron chi connectivity index (χ0n) is 27.9. The molecule has 0 spiro atoms. The molecule has 2 aromatic rings. The van der Waals surface area contributed by atoms with Gasteiger partial charge in [0.05, 0.1) is 12.1 Å². The van der Waals surface area contributed by atoms with Crippen molar-refractivity contribution in [1.82, 2.24) is 26.2 Å². The average molecular weight is 670 g/mol. The summed E-state index contributed by atoms with van der Waals surface area (Å²) in [6.45, 7) is 9.68. The van der Waals surface area contributed by atoms with Crippen molar-refractivity contribution in [2.24, 2.45) is 11.8 Å². The normalized spacial score (nSPS) is 19.1. The smallest absolute Gasteiger partial charge is 0.255 e. The maximum Gasteiger partial charge on any atom is 0.255 e. The van der Waals surface area contributed by atoms with Gasteiger partial charge in [-0.1, -0.05) is 69.6 Å². The van der Waals surface area contributed by atoms with E-state index in [1.165, 1.54) is 13.0 Å². The Hall–Kier alpha value is -4.12. The van der Waals surface area contributed by atoms with Gasteiger partial charge in [-0.3, -0.25) is 24.0 Å². The van der Waals surface area contributed by atoms with Crippen LogP contribution in [0.1, 0.15) is 76.2 Å². The van der Waals surface area contributed by atoms with Gasteiger partial charge in [0.25, 0.3) is 5.91 Å². The molecule has 47 heavy (non-hydrogen) atoms. The molecule has 0 saturated heterocycles. The van der Waals surface area contributed by atoms with Gasteiger partial charge < -0.3 is 30.9 Å². The molecule has 4 N–H and O–H groups in total. The van der Waals surface area contributed by atoms with Crippen LogP contribution in [0.4, 0.5) is 0 Å². The fraction of sp³-hybridized carbons (Fsp3) is 0.514. The van der Waals surface area contributed by atoms with Crippen molar-refractivity contribution in [2.75, 3.05) is 19.7 Å². The van der Waals surface area contributed by atoms with E-state index in [9.17, 15) is 24.0 Å². The molecule has 0 aliphatic carbocycles. The predicted molar refractivity (Wildman–Crippen MR) is 181 cm³/mol. The van der Waals surface area contributed by atoms with Crippen molar-refractivity contribution in [2.45, 2.75) is 85.0 Å². The Labute approximate surface area is 282 Å². The molecule has 0 saturated carbocycles. The first-order valence-electron chi connectivity index (χ1n) is 16.3. The van der Waals surface area contributed by atoms with Gasteiger partial charge in [0.1, 0.15) is 30.5 Å². The number of rotatable bonds is 8. The van der Waals surface area contributed by atoms with E-state index in [0.717, 1.165) is 5.56 Å². The van der Waals surface area contributed by atoms with Crippen LogP contribution in [-0.2, 0) is 25.7 Å². The van der Waals surface area contributed by atoms with Crippen LogP contribution in [0.15, 0.2) is 48.5 Å². The third-order valence-electron chi connectivity index (χ3n) is 7.81. The summed E-state index contributed by atoms with van der Waals surface area (Å²) in [6.07, 6.45) is 1.80. The van der Waals surface area contributed by atoms with Gasteiger partial charge in [-0.15, -0.1) is 0 Å². The number of amides is 5. The molecule has 0 radical (unpaired) electrons. The molecule has 256 valence electrons. The number of hydrogen-bond donors (Lipinski definition) is 4. The fourth-order valence-electron chi connectivity index (χ4n) is 5.38. The molecule has 1 aliphatic heterocycles. The summed E-state index contributed by atoms with van der Waals surface area (Å²) in [4.78, 5) is 67.7. The number of halogens is 1. The Morgan fingerprint density at radius 2 is 1.77 bits per heavy atom. The number of nitrogens with one attached hydrogen (secondary N) is 4. The average Bonchev–Trinajstić information content (AvgIpc) is 3.01. The first-order chi connectivity index (χ1) is 22.3. The zero-order chi connectivity index (χ0) is 34.5. The molecule has 0 bridgehead atoms. The Bertz CT molecular complexity index is 1390. The minimum Gasteiger partial charge on any atom is -0.491 e. The molecule has 5 amide bonds. The molecule has 3 rings (SSSR count). The Balaban J connectivity index is 1.97. The van der Waals surface area contributed by atoms with Crippen LogP contribution in [0.3, 0.4) is 0 Å². The highest BCUT2D eigenvalue weighted by molar-refractivity contribution is 6.30. The highest BCUT2D eigenvalue weighted by Gasteiger charge is 2.31. The number of benzene rings is 2. The second-order valence-corrected chi connectivity index (χ2v) is 13.1. The van der Waals surface area contributed by atoms with Crippen LogP contribution >= 0.6 is 11.6 Å². The number of ether oxygens (including phenoxy) is 1. The second kappa shape index (κ2) is 18.3. The van der Waals surface area contributed by atoms with Gasteiger partial charge in [-0.2, -0.15) is 0 Å². The van der Waals surface area contributed by atoms with Crippen LogP contribution < -0.4 is 26.0 Å². The number of carbonyl (C=O) groups is 5. The molecule has 11 nitrogen and oxygen atoms in total. The largest absolute Gasteiger partial charge is 0.491 e. The number of carbonyl (C=O) groups excluding carboxylic acids is 5. The summed E-state index contributed by atoms with van der Waals surface area (Å²) in [7, 11) is 0. The van der Waals surface area contributed by atoms with E-state index in [1.807, 2.05) is 58.0 Å². The molecule has 1 heterocycles. The SMILES string of the molecule is CC(=O)N[C@H](C(=O)N[C@H]1CCCCNC(=O)[C@H](CC(C)C)NC(=O)c2ccc(Cl)cc2OCCN(Cc2ccccc2)C1=O)C(C)C. The third kappa shape index (κ3) is 11.9. The molecule has 12 heteroatoms. The van der Waals surface area contributed by atoms with Gasteiger partial charge in [-0.25, -0.2) is 0 Å². The molecule has 0 aromatic heterocycles. The maximum absolute atomic E-state index is 14.2. The fourth-order valence-corrected chi connectivity index (χ4v) is 5.54. The summed E-state index contributed by atoms with van der Waals surface area (Å²) in [5, 5.41) is 11.7. The number of hydrogen-bond acceptors (Lipinski definition) is 6. The van der Waals surface area contributed by atoms with Crippen LogP contribution in [0, 0.1) is 11.8 Å². The van der Waals surface area contributed by atoms with E-state index in [4.69, 9.17) is 16.3 Å². The summed E-state index contributed by atoms with van der Waals surface area (Å²) in [5.41, 5.74) is 1.10. The lowest BCUT2D eigenvalue weighted by Gasteiger charge is -2.30. The lowest BCUT2D eigenvalue weighted by molar-refractivity contribution is -0.138. The van der Waals surface area contributed by atoms with E-state index >= 15 is 0 Å². The minimum atomic E-state index is -0.897. The molecular weight excluding hydrogens is 622 g/mol. The van der Waals surface area contributed by atoms with E-state index < -0.39 is 29.9 Å². The topological polar surface area (TPSA) is 146 Å². The van der Waals surface area contributed by atoms with Crippen molar-refractivity contribution < 1.29 is 28.7 Å².